The molecular formula is C21H30N4O3. The van der Waals surface area contributed by atoms with E-state index in [-0.39, 0.29) is 29.8 Å². The molecule has 2 aliphatic rings. The molecule has 3 rings (SSSR count). The highest BCUT2D eigenvalue weighted by molar-refractivity contribution is 5.84. The molecule has 1 aromatic rings. The molecule has 0 saturated carbocycles. The molecule has 7 heteroatoms. The van der Waals surface area contributed by atoms with E-state index < -0.39 is 0 Å². The van der Waals surface area contributed by atoms with Crippen molar-refractivity contribution in [3.8, 4) is 0 Å². The standard InChI is InChI=1S/C21H30N4O3/c1-23(2)20(28)22-14-19(27)24-12-10-21(11-13-24)9-8-18(26)25(16-21)15-17-6-4-3-5-7-17/h3-7H,8-16H2,1-2H3,(H,22,28). The minimum Gasteiger partial charge on any atom is -0.341 e. The van der Waals surface area contributed by atoms with Crippen molar-refractivity contribution < 1.29 is 14.4 Å². The second kappa shape index (κ2) is 8.63. The number of amides is 4. The van der Waals surface area contributed by atoms with Crippen LogP contribution in [-0.2, 0) is 16.1 Å². The minimum atomic E-state index is -0.260. The number of hydrogen-bond acceptors (Lipinski definition) is 3. The highest BCUT2D eigenvalue weighted by Crippen LogP contribution is 2.40. The zero-order chi connectivity index (χ0) is 20.1. The quantitative estimate of drug-likeness (QED) is 0.856. The molecule has 0 unspecified atom stereocenters. The predicted molar refractivity (Wildman–Crippen MR) is 106 cm³/mol. The van der Waals surface area contributed by atoms with E-state index in [0.717, 1.165) is 31.4 Å². The van der Waals surface area contributed by atoms with Gasteiger partial charge in [-0.1, -0.05) is 30.3 Å². The SMILES string of the molecule is CN(C)C(=O)NCC(=O)N1CCC2(CCC(=O)N(Cc3ccccc3)C2)CC1. The van der Waals surface area contributed by atoms with Gasteiger partial charge in [0.1, 0.15) is 0 Å². The van der Waals surface area contributed by atoms with Gasteiger partial charge in [-0.2, -0.15) is 0 Å². The molecule has 1 spiro atoms. The summed E-state index contributed by atoms with van der Waals surface area (Å²) in [7, 11) is 3.30. The normalized spacial score (nSPS) is 18.9. The number of hydrogen-bond donors (Lipinski definition) is 1. The molecular weight excluding hydrogens is 356 g/mol. The molecule has 0 aliphatic carbocycles. The number of carbonyl (C=O) groups excluding carboxylic acids is 3. The molecule has 28 heavy (non-hydrogen) atoms. The Morgan fingerprint density at radius 1 is 1.11 bits per heavy atom. The Morgan fingerprint density at radius 3 is 2.43 bits per heavy atom. The van der Waals surface area contributed by atoms with Gasteiger partial charge in [0.05, 0.1) is 6.54 Å². The summed E-state index contributed by atoms with van der Waals surface area (Å²) >= 11 is 0. The summed E-state index contributed by atoms with van der Waals surface area (Å²) < 4.78 is 0. The molecule has 2 saturated heterocycles. The third-order valence-corrected chi connectivity index (χ3v) is 5.94. The number of nitrogens with one attached hydrogen (secondary N) is 1. The maximum atomic E-state index is 12.4. The Morgan fingerprint density at radius 2 is 1.79 bits per heavy atom. The summed E-state index contributed by atoms with van der Waals surface area (Å²) in [6.45, 7) is 2.82. The lowest BCUT2D eigenvalue weighted by atomic mass is 9.72. The Bertz CT molecular complexity index is 712. The van der Waals surface area contributed by atoms with Crippen molar-refractivity contribution >= 4 is 17.8 Å². The van der Waals surface area contributed by atoms with Gasteiger partial charge < -0.3 is 20.0 Å². The fourth-order valence-electron chi connectivity index (χ4n) is 4.11. The van der Waals surface area contributed by atoms with Gasteiger partial charge in [0.25, 0.3) is 0 Å². The van der Waals surface area contributed by atoms with Gasteiger partial charge in [-0.15, -0.1) is 0 Å². The van der Waals surface area contributed by atoms with Crippen molar-refractivity contribution in [3.05, 3.63) is 35.9 Å². The van der Waals surface area contributed by atoms with E-state index in [1.165, 1.54) is 4.90 Å². The van der Waals surface area contributed by atoms with Crippen LogP contribution in [0.3, 0.4) is 0 Å². The Hall–Kier alpha value is -2.57. The van der Waals surface area contributed by atoms with Gasteiger partial charge in [0.15, 0.2) is 0 Å². The number of rotatable bonds is 4. The van der Waals surface area contributed by atoms with Crippen LogP contribution in [0.25, 0.3) is 0 Å². The van der Waals surface area contributed by atoms with Crippen LogP contribution in [0.2, 0.25) is 0 Å². The average molecular weight is 386 g/mol. The summed E-state index contributed by atoms with van der Waals surface area (Å²) in [6.07, 6.45) is 3.29. The highest BCUT2D eigenvalue weighted by Gasteiger charge is 2.41. The molecule has 2 aliphatic heterocycles. The highest BCUT2D eigenvalue weighted by atomic mass is 16.2. The summed E-state index contributed by atoms with van der Waals surface area (Å²) in [4.78, 5) is 41.6. The fourth-order valence-corrected chi connectivity index (χ4v) is 4.11. The number of benzene rings is 1. The molecule has 1 aromatic carbocycles. The molecule has 2 heterocycles. The van der Waals surface area contributed by atoms with Crippen molar-refractivity contribution in [1.29, 1.82) is 0 Å². The third kappa shape index (κ3) is 4.82. The minimum absolute atomic E-state index is 0.0304. The van der Waals surface area contributed by atoms with Crippen molar-refractivity contribution in [3.63, 3.8) is 0 Å². The van der Waals surface area contributed by atoms with Crippen LogP contribution in [0.15, 0.2) is 30.3 Å². The molecule has 0 radical (unpaired) electrons. The van der Waals surface area contributed by atoms with E-state index >= 15 is 0 Å². The third-order valence-electron chi connectivity index (χ3n) is 5.94. The molecule has 4 amide bonds. The predicted octanol–water partition coefficient (Wildman–Crippen LogP) is 1.69. The fraction of sp³-hybridized carbons (Fsp3) is 0.571. The zero-order valence-electron chi connectivity index (χ0n) is 16.8. The first-order valence-corrected chi connectivity index (χ1v) is 9.93. The summed E-state index contributed by atoms with van der Waals surface area (Å²) in [5, 5.41) is 2.63. The number of nitrogens with zero attached hydrogens (tertiary/aromatic N) is 3. The maximum absolute atomic E-state index is 12.4. The lowest BCUT2D eigenvalue weighted by Crippen LogP contribution is -2.53. The van der Waals surface area contributed by atoms with E-state index in [2.05, 4.69) is 17.4 Å². The van der Waals surface area contributed by atoms with Crippen molar-refractivity contribution in [2.45, 2.75) is 32.2 Å². The maximum Gasteiger partial charge on any atom is 0.317 e. The van der Waals surface area contributed by atoms with Crippen LogP contribution < -0.4 is 5.32 Å². The molecule has 0 aromatic heterocycles. The molecule has 7 nitrogen and oxygen atoms in total. The van der Waals surface area contributed by atoms with Gasteiger partial charge >= 0.3 is 6.03 Å². The van der Waals surface area contributed by atoms with Crippen molar-refractivity contribution in [2.75, 3.05) is 40.3 Å². The van der Waals surface area contributed by atoms with Crippen LogP contribution in [0.4, 0.5) is 4.79 Å². The van der Waals surface area contributed by atoms with Crippen LogP contribution >= 0.6 is 0 Å². The van der Waals surface area contributed by atoms with Gasteiger partial charge in [-0.3, -0.25) is 9.59 Å². The van der Waals surface area contributed by atoms with E-state index in [9.17, 15) is 14.4 Å². The first-order valence-electron chi connectivity index (χ1n) is 9.93. The first-order chi connectivity index (χ1) is 13.4. The van der Waals surface area contributed by atoms with E-state index in [1.54, 1.807) is 14.1 Å². The molecule has 1 N–H and O–H groups in total. The van der Waals surface area contributed by atoms with Gasteiger partial charge in [0.2, 0.25) is 11.8 Å². The number of carbonyl (C=O) groups is 3. The Kier molecular flexibility index (Phi) is 6.21. The number of likely N-dealkylation sites (tertiary alicyclic amines) is 2. The van der Waals surface area contributed by atoms with Crippen LogP contribution in [0.1, 0.15) is 31.2 Å². The number of urea groups is 1. The second-order valence-electron chi connectivity index (χ2n) is 8.17. The van der Waals surface area contributed by atoms with E-state index in [4.69, 9.17) is 0 Å². The average Bonchev–Trinajstić information content (AvgIpc) is 2.70. The first kappa shape index (κ1) is 20.2. The number of piperidine rings is 2. The van der Waals surface area contributed by atoms with Gasteiger partial charge in [-0.25, -0.2) is 4.79 Å². The Balaban J connectivity index is 1.53. The molecule has 152 valence electrons. The van der Waals surface area contributed by atoms with Crippen LogP contribution in [0.5, 0.6) is 0 Å². The van der Waals surface area contributed by atoms with Crippen LogP contribution in [0, 0.1) is 5.41 Å². The summed E-state index contributed by atoms with van der Waals surface area (Å²) in [6, 6.07) is 9.83. The largest absolute Gasteiger partial charge is 0.341 e. The smallest absolute Gasteiger partial charge is 0.317 e. The second-order valence-corrected chi connectivity index (χ2v) is 8.17. The lowest BCUT2D eigenvalue weighted by Gasteiger charge is -2.47. The van der Waals surface area contributed by atoms with Gasteiger partial charge in [0, 0.05) is 46.7 Å². The lowest BCUT2D eigenvalue weighted by molar-refractivity contribution is -0.142. The van der Waals surface area contributed by atoms with Crippen molar-refractivity contribution in [2.24, 2.45) is 5.41 Å². The van der Waals surface area contributed by atoms with Crippen LogP contribution in [-0.4, -0.2) is 72.8 Å². The monoisotopic (exact) mass is 386 g/mol. The zero-order valence-corrected chi connectivity index (χ0v) is 16.8. The van der Waals surface area contributed by atoms with Gasteiger partial charge in [-0.05, 0) is 30.2 Å². The summed E-state index contributed by atoms with van der Waals surface area (Å²) in [5.41, 5.74) is 1.25. The van der Waals surface area contributed by atoms with E-state index in [0.29, 0.717) is 26.1 Å². The summed E-state index contributed by atoms with van der Waals surface area (Å²) in [5.74, 6) is 0.178. The molecule has 0 atom stereocenters. The molecule has 0 bridgehead atoms. The van der Waals surface area contributed by atoms with Crippen molar-refractivity contribution in [1.82, 2.24) is 20.0 Å². The Labute approximate surface area is 166 Å². The molecule has 2 fully saturated rings. The topological polar surface area (TPSA) is 73.0 Å². The van der Waals surface area contributed by atoms with E-state index in [1.807, 2.05) is 28.0 Å².